The second-order valence-electron chi connectivity index (χ2n) is 4.18. The summed E-state index contributed by atoms with van der Waals surface area (Å²) in [6.45, 7) is 0. The maximum absolute atomic E-state index is 13.3. The summed E-state index contributed by atoms with van der Waals surface area (Å²) in [5.41, 5.74) is -0.683. The quantitative estimate of drug-likeness (QED) is 0.868. The summed E-state index contributed by atoms with van der Waals surface area (Å²) in [6.07, 6.45) is 0. The van der Waals surface area contributed by atoms with Crippen LogP contribution < -0.4 is 4.72 Å². The highest BCUT2D eigenvalue weighted by Crippen LogP contribution is 2.28. The van der Waals surface area contributed by atoms with Crippen LogP contribution in [-0.4, -0.2) is 19.5 Å². The van der Waals surface area contributed by atoms with Crippen molar-refractivity contribution in [3.05, 3.63) is 57.8 Å². The molecule has 22 heavy (non-hydrogen) atoms. The van der Waals surface area contributed by atoms with Gasteiger partial charge in [0.05, 0.1) is 21.2 Å². The fraction of sp³-hybridized carbons (Fsp3) is 0. The van der Waals surface area contributed by atoms with E-state index < -0.39 is 32.3 Å². The van der Waals surface area contributed by atoms with Crippen LogP contribution in [0.2, 0.25) is 10.0 Å². The first-order valence-corrected chi connectivity index (χ1v) is 7.95. The van der Waals surface area contributed by atoms with Gasteiger partial charge in [-0.3, -0.25) is 4.72 Å². The largest absolute Gasteiger partial charge is 0.478 e. The monoisotopic (exact) mass is 363 g/mol. The Balaban J connectivity index is 2.42. The minimum atomic E-state index is -4.13. The lowest BCUT2D eigenvalue weighted by molar-refractivity contribution is 0.0691. The fourth-order valence-corrected chi connectivity index (χ4v) is 3.23. The number of anilines is 1. The van der Waals surface area contributed by atoms with E-state index in [1.165, 1.54) is 18.2 Å². The molecule has 0 aromatic heterocycles. The summed E-state index contributed by atoms with van der Waals surface area (Å²) in [5.74, 6) is -2.60. The molecule has 0 saturated carbocycles. The zero-order valence-corrected chi connectivity index (χ0v) is 13.0. The lowest BCUT2D eigenvalue weighted by Crippen LogP contribution is -2.14. The van der Waals surface area contributed by atoms with Gasteiger partial charge in [0.25, 0.3) is 10.0 Å². The van der Waals surface area contributed by atoms with Crippen molar-refractivity contribution in [2.75, 3.05) is 4.72 Å². The number of benzene rings is 2. The molecule has 0 saturated heterocycles. The molecule has 0 atom stereocenters. The number of sulfonamides is 1. The first-order valence-electron chi connectivity index (χ1n) is 5.71. The Hall–Kier alpha value is -1.83. The molecule has 0 fully saturated rings. The van der Waals surface area contributed by atoms with Crippen molar-refractivity contribution >= 4 is 44.9 Å². The summed E-state index contributed by atoms with van der Waals surface area (Å²) >= 11 is 11.6. The molecule has 2 aromatic rings. The number of halogens is 3. The average molecular weight is 364 g/mol. The maximum Gasteiger partial charge on any atom is 0.338 e. The summed E-state index contributed by atoms with van der Waals surface area (Å²) in [4.78, 5) is 10.5. The third-order valence-corrected chi connectivity index (χ3v) is 4.56. The van der Waals surface area contributed by atoms with Crippen LogP contribution in [0.15, 0.2) is 41.3 Å². The molecule has 0 radical (unpaired) electrons. The Kier molecular flexibility index (Phi) is 4.60. The van der Waals surface area contributed by atoms with Gasteiger partial charge in [0.15, 0.2) is 0 Å². The van der Waals surface area contributed by atoms with Gasteiger partial charge in [0, 0.05) is 5.02 Å². The van der Waals surface area contributed by atoms with Crippen molar-refractivity contribution in [1.82, 2.24) is 0 Å². The molecule has 2 aromatic carbocycles. The predicted molar refractivity (Wildman–Crippen MR) is 80.6 cm³/mol. The molecule has 0 aliphatic carbocycles. The highest BCUT2D eigenvalue weighted by molar-refractivity contribution is 7.92. The van der Waals surface area contributed by atoms with E-state index >= 15 is 0 Å². The Morgan fingerprint density at radius 1 is 1.14 bits per heavy atom. The molecule has 5 nitrogen and oxygen atoms in total. The van der Waals surface area contributed by atoms with Crippen molar-refractivity contribution in [3.63, 3.8) is 0 Å². The first kappa shape index (κ1) is 16.5. The Morgan fingerprint density at radius 3 is 2.41 bits per heavy atom. The van der Waals surface area contributed by atoms with Crippen LogP contribution >= 0.6 is 23.2 Å². The molecular formula is C13H8Cl2FNO4S. The number of aromatic carboxylic acids is 1. The van der Waals surface area contributed by atoms with E-state index in [2.05, 4.69) is 4.72 Å². The van der Waals surface area contributed by atoms with Crippen LogP contribution in [0.5, 0.6) is 0 Å². The highest BCUT2D eigenvalue weighted by atomic mass is 35.5. The normalized spacial score (nSPS) is 11.2. The second-order valence-corrected chi connectivity index (χ2v) is 6.70. The first-order chi connectivity index (χ1) is 10.2. The lowest BCUT2D eigenvalue weighted by Gasteiger charge is -2.10. The summed E-state index contributed by atoms with van der Waals surface area (Å²) in [5, 5.41) is 9.22. The molecule has 116 valence electrons. The summed E-state index contributed by atoms with van der Waals surface area (Å²) in [6, 6.07) is 6.57. The summed E-state index contributed by atoms with van der Waals surface area (Å²) in [7, 11) is -4.13. The molecule has 0 heterocycles. The number of carbonyl (C=O) groups is 1. The van der Waals surface area contributed by atoms with Gasteiger partial charge in [-0.15, -0.1) is 0 Å². The van der Waals surface area contributed by atoms with Crippen LogP contribution in [0.4, 0.5) is 10.1 Å². The molecule has 0 spiro atoms. The Morgan fingerprint density at radius 2 is 1.82 bits per heavy atom. The van der Waals surface area contributed by atoms with Gasteiger partial charge in [0.1, 0.15) is 5.82 Å². The molecule has 0 aliphatic heterocycles. The molecule has 0 aliphatic rings. The van der Waals surface area contributed by atoms with Crippen LogP contribution in [0.25, 0.3) is 0 Å². The lowest BCUT2D eigenvalue weighted by atomic mass is 10.2. The Labute approximate surface area is 135 Å². The Bertz CT molecular complexity index is 855. The highest BCUT2D eigenvalue weighted by Gasteiger charge is 2.20. The fourth-order valence-electron chi connectivity index (χ4n) is 1.61. The molecule has 2 N–H and O–H groups in total. The van der Waals surface area contributed by atoms with Gasteiger partial charge in [-0.2, -0.15) is 0 Å². The smallest absolute Gasteiger partial charge is 0.338 e. The van der Waals surface area contributed by atoms with E-state index in [-0.39, 0.29) is 10.7 Å². The van der Waals surface area contributed by atoms with Crippen LogP contribution in [0.1, 0.15) is 10.4 Å². The SMILES string of the molecule is O=C(O)c1cc(S(=O)(=O)Nc2ccc(Cl)cc2Cl)ccc1F. The number of hydrogen-bond donors (Lipinski definition) is 2. The van der Waals surface area contributed by atoms with Gasteiger partial charge < -0.3 is 5.11 Å². The van der Waals surface area contributed by atoms with Crippen LogP contribution in [0, 0.1) is 5.82 Å². The number of carboxylic acid groups (broad SMARTS) is 1. The molecule has 0 unspecified atom stereocenters. The minimum Gasteiger partial charge on any atom is -0.478 e. The molecular weight excluding hydrogens is 356 g/mol. The average Bonchev–Trinajstić information content (AvgIpc) is 2.42. The van der Waals surface area contributed by atoms with Crippen molar-refractivity contribution in [2.45, 2.75) is 4.90 Å². The van der Waals surface area contributed by atoms with E-state index in [0.717, 1.165) is 18.2 Å². The van der Waals surface area contributed by atoms with Crippen LogP contribution in [0.3, 0.4) is 0 Å². The standard InChI is InChI=1S/C13H8Cl2FNO4S/c14-7-1-4-12(10(15)5-7)17-22(20,21)8-2-3-11(16)9(6-8)13(18)19/h1-6,17H,(H,18,19). The maximum atomic E-state index is 13.3. The zero-order chi connectivity index (χ0) is 16.5. The van der Waals surface area contributed by atoms with Gasteiger partial charge >= 0.3 is 5.97 Å². The second kappa shape index (κ2) is 6.12. The summed E-state index contributed by atoms with van der Waals surface area (Å²) < 4.78 is 39.9. The van der Waals surface area contributed by atoms with Gasteiger partial charge in [0.2, 0.25) is 0 Å². The number of rotatable bonds is 4. The molecule has 9 heteroatoms. The van der Waals surface area contributed by atoms with Crippen molar-refractivity contribution in [2.24, 2.45) is 0 Å². The van der Waals surface area contributed by atoms with Gasteiger partial charge in [-0.1, -0.05) is 23.2 Å². The molecule has 2 rings (SSSR count). The van der Waals surface area contributed by atoms with E-state index in [0.29, 0.717) is 5.02 Å². The molecule has 0 amide bonds. The number of carboxylic acids is 1. The third-order valence-electron chi connectivity index (χ3n) is 2.65. The third kappa shape index (κ3) is 3.49. The topological polar surface area (TPSA) is 83.5 Å². The van der Waals surface area contributed by atoms with Crippen molar-refractivity contribution in [3.8, 4) is 0 Å². The van der Waals surface area contributed by atoms with Gasteiger partial charge in [-0.25, -0.2) is 17.6 Å². The van der Waals surface area contributed by atoms with Crippen molar-refractivity contribution < 1.29 is 22.7 Å². The van der Waals surface area contributed by atoms with E-state index in [4.69, 9.17) is 28.3 Å². The zero-order valence-electron chi connectivity index (χ0n) is 10.7. The van der Waals surface area contributed by atoms with Crippen LogP contribution in [-0.2, 0) is 10.0 Å². The van der Waals surface area contributed by atoms with E-state index in [1.807, 2.05) is 0 Å². The molecule has 0 bridgehead atoms. The predicted octanol–water partition coefficient (Wildman–Crippen LogP) is 3.63. The van der Waals surface area contributed by atoms with E-state index in [1.54, 1.807) is 0 Å². The minimum absolute atomic E-state index is 0.0623. The van der Waals surface area contributed by atoms with Gasteiger partial charge in [-0.05, 0) is 36.4 Å². The van der Waals surface area contributed by atoms with E-state index in [9.17, 15) is 17.6 Å². The van der Waals surface area contributed by atoms with Crippen molar-refractivity contribution in [1.29, 1.82) is 0 Å². The number of hydrogen-bond acceptors (Lipinski definition) is 3. The number of nitrogens with one attached hydrogen (secondary N) is 1.